The van der Waals surface area contributed by atoms with E-state index in [1.807, 2.05) is 0 Å². The molecule has 2 aromatic carbocycles. The first-order valence-electron chi connectivity index (χ1n) is 11.4. The summed E-state index contributed by atoms with van der Waals surface area (Å²) in [6, 6.07) is 8.43. The number of nitrogens with two attached hydrogens (primary N) is 1. The van der Waals surface area contributed by atoms with Crippen molar-refractivity contribution in [1.82, 2.24) is 14.8 Å². The largest absolute Gasteiger partial charge is 0.508 e. The summed E-state index contributed by atoms with van der Waals surface area (Å²) in [5.41, 5.74) is 6.50. The molecule has 1 aliphatic carbocycles. The molecule has 35 heavy (non-hydrogen) atoms. The quantitative estimate of drug-likeness (QED) is 0.484. The molecule has 1 saturated heterocycles. The van der Waals surface area contributed by atoms with Crippen LogP contribution in [-0.2, 0) is 22.7 Å². The van der Waals surface area contributed by atoms with Crippen molar-refractivity contribution in [2.45, 2.75) is 32.0 Å². The summed E-state index contributed by atoms with van der Waals surface area (Å²) >= 11 is 5.83. The third kappa shape index (κ3) is 4.10. The summed E-state index contributed by atoms with van der Waals surface area (Å²) in [4.78, 5) is 40.0. The monoisotopic (exact) mass is 498 g/mol. The highest BCUT2D eigenvalue weighted by atomic mass is 35.5. The lowest BCUT2D eigenvalue weighted by molar-refractivity contribution is -0.140. The number of nitrogens with one attached hydrogen (secondary N) is 1. The van der Waals surface area contributed by atoms with Gasteiger partial charge in [0.25, 0.3) is 5.91 Å². The molecule has 0 unspecified atom stereocenters. The number of carbonyl (C=O) groups excluding carboxylic acids is 3. The van der Waals surface area contributed by atoms with Crippen LogP contribution in [0.25, 0.3) is 10.9 Å². The summed E-state index contributed by atoms with van der Waals surface area (Å²) in [7, 11) is 0. The maximum atomic E-state index is 14.2. The fraction of sp³-hybridized carbons (Fsp3) is 0.320. The first-order valence-corrected chi connectivity index (χ1v) is 11.7. The van der Waals surface area contributed by atoms with Gasteiger partial charge in [-0.3, -0.25) is 14.4 Å². The number of halogens is 2. The van der Waals surface area contributed by atoms with Crippen molar-refractivity contribution in [2.24, 2.45) is 17.6 Å². The Labute approximate surface area is 205 Å². The average molecular weight is 499 g/mol. The third-order valence-corrected chi connectivity index (χ3v) is 7.45. The van der Waals surface area contributed by atoms with Crippen molar-refractivity contribution >= 4 is 40.2 Å². The number of likely N-dealkylation sites (tertiary alicyclic amines) is 1. The lowest BCUT2D eigenvalue weighted by Crippen LogP contribution is -2.49. The molecule has 1 aliphatic heterocycles. The number of primary amides is 1. The second-order valence-electron chi connectivity index (χ2n) is 9.16. The number of nitrogens with zero attached hydrogens (tertiary/aromatic N) is 2. The van der Waals surface area contributed by atoms with Gasteiger partial charge in [0.05, 0.1) is 16.1 Å². The van der Waals surface area contributed by atoms with E-state index < -0.39 is 17.8 Å². The molecule has 3 amide bonds. The Bertz CT molecular complexity index is 1360. The molecule has 8 nitrogen and oxygen atoms in total. The van der Waals surface area contributed by atoms with E-state index in [-0.39, 0.29) is 58.6 Å². The Hall–Kier alpha value is -3.59. The van der Waals surface area contributed by atoms with Crippen LogP contribution in [0, 0.1) is 17.7 Å². The van der Waals surface area contributed by atoms with Gasteiger partial charge in [-0.2, -0.15) is 0 Å². The summed E-state index contributed by atoms with van der Waals surface area (Å²) < 4.78 is 15.8. The van der Waals surface area contributed by atoms with Crippen LogP contribution in [0.15, 0.2) is 42.6 Å². The fourth-order valence-electron chi connectivity index (χ4n) is 5.24. The van der Waals surface area contributed by atoms with E-state index in [2.05, 4.69) is 5.32 Å². The SMILES string of the molecule is NC(=O)c1cn(CC(=O)N2C[C@@H]3CC[C@@H]3[C@H]2C(=O)NCc2cccc(Cl)c2F)c2cc(O)ccc12. The zero-order chi connectivity index (χ0) is 24.9. The van der Waals surface area contributed by atoms with Crippen LogP contribution in [-0.4, -0.2) is 44.9 Å². The number of aromatic nitrogens is 1. The zero-order valence-corrected chi connectivity index (χ0v) is 19.5. The van der Waals surface area contributed by atoms with Crippen molar-refractivity contribution in [3.8, 4) is 5.75 Å². The second-order valence-corrected chi connectivity index (χ2v) is 9.57. The number of carbonyl (C=O) groups is 3. The van der Waals surface area contributed by atoms with Gasteiger partial charge in [0.2, 0.25) is 11.8 Å². The normalized spacial score (nSPS) is 21.0. The molecule has 0 spiro atoms. The van der Waals surface area contributed by atoms with E-state index in [4.69, 9.17) is 17.3 Å². The highest BCUT2D eigenvalue weighted by molar-refractivity contribution is 6.30. The lowest BCUT2D eigenvalue weighted by Gasteiger charge is -2.32. The third-order valence-electron chi connectivity index (χ3n) is 7.16. The molecule has 3 aromatic rings. The van der Waals surface area contributed by atoms with Crippen molar-refractivity contribution in [3.05, 3.63) is 64.6 Å². The number of benzene rings is 2. The van der Waals surface area contributed by atoms with Crippen molar-refractivity contribution in [2.75, 3.05) is 6.54 Å². The van der Waals surface area contributed by atoms with E-state index in [1.165, 1.54) is 24.4 Å². The lowest BCUT2D eigenvalue weighted by atomic mass is 9.73. The van der Waals surface area contributed by atoms with Crippen LogP contribution in [0.5, 0.6) is 5.75 Å². The van der Waals surface area contributed by atoms with Gasteiger partial charge in [-0.1, -0.05) is 23.7 Å². The highest BCUT2D eigenvalue weighted by Gasteiger charge is 2.51. The van der Waals surface area contributed by atoms with Gasteiger partial charge >= 0.3 is 0 Å². The topological polar surface area (TPSA) is 118 Å². The molecule has 2 fully saturated rings. The molecule has 2 aliphatic rings. The molecule has 5 rings (SSSR count). The van der Waals surface area contributed by atoms with Crippen LogP contribution >= 0.6 is 11.6 Å². The minimum atomic E-state index is -0.658. The minimum Gasteiger partial charge on any atom is -0.508 e. The molecule has 10 heteroatoms. The van der Waals surface area contributed by atoms with Crippen LogP contribution in [0.2, 0.25) is 5.02 Å². The summed E-state index contributed by atoms with van der Waals surface area (Å²) in [5.74, 6) is -1.56. The number of hydrogen-bond acceptors (Lipinski definition) is 4. The van der Waals surface area contributed by atoms with Crippen molar-refractivity contribution < 1.29 is 23.9 Å². The number of amides is 3. The van der Waals surface area contributed by atoms with Crippen LogP contribution in [0.1, 0.15) is 28.8 Å². The number of hydrogen-bond donors (Lipinski definition) is 3. The van der Waals surface area contributed by atoms with Gasteiger partial charge in [0.15, 0.2) is 0 Å². The van der Waals surface area contributed by atoms with Gasteiger partial charge in [0.1, 0.15) is 24.2 Å². The number of phenolic OH excluding ortho intramolecular Hbond substituents is 1. The number of fused-ring (bicyclic) bond motifs is 2. The van der Waals surface area contributed by atoms with E-state index in [0.717, 1.165) is 12.8 Å². The highest BCUT2D eigenvalue weighted by Crippen LogP contribution is 2.45. The predicted octanol–water partition coefficient (Wildman–Crippen LogP) is 2.79. The zero-order valence-electron chi connectivity index (χ0n) is 18.7. The standard InChI is InChI=1S/C25H24ClFN4O4/c26-19-3-1-2-13(22(19)27)9-29-25(35)23-16-6-4-14(16)10-31(23)21(33)12-30-11-18(24(28)34)17-7-5-15(32)8-20(17)30/h1-3,5,7-8,11,14,16,23,32H,4,6,9-10,12H2,(H2,28,34)(H,29,35)/t14-,16-,23-/m0/s1. The first kappa shape index (κ1) is 23.2. The number of aromatic hydroxyl groups is 1. The summed E-state index contributed by atoms with van der Waals surface area (Å²) in [6.07, 6.45) is 3.27. The molecular weight excluding hydrogens is 475 g/mol. The van der Waals surface area contributed by atoms with Crippen LogP contribution in [0.3, 0.4) is 0 Å². The van der Waals surface area contributed by atoms with Gasteiger partial charge in [-0.25, -0.2) is 4.39 Å². The number of phenols is 1. The molecule has 1 aromatic heterocycles. The minimum absolute atomic E-state index is 0.00922. The maximum Gasteiger partial charge on any atom is 0.250 e. The predicted molar refractivity (Wildman–Crippen MR) is 127 cm³/mol. The molecule has 2 heterocycles. The molecule has 1 saturated carbocycles. The van der Waals surface area contributed by atoms with E-state index in [9.17, 15) is 23.9 Å². The van der Waals surface area contributed by atoms with Crippen LogP contribution < -0.4 is 11.1 Å². The number of rotatable bonds is 6. The molecule has 182 valence electrons. The van der Waals surface area contributed by atoms with Gasteiger partial charge in [-0.05, 0) is 42.9 Å². The Morgan fingerprint density at radius 2 is 2.00 bits per heavy atom. The Morgan fingerprint density at radius 1 is 1.20 bits per heavy atom. The van der Waals surface area contributed by atoms with E-state index in [1.54, 1.807) is 27.7 Å². The van der Waals surface area contributed by atoms with Crippen molar-refractivity contribution in [3.63, 3.8) is 0 Å². The smallest absolute Gasteiger partial charge is 0.250 e. The Balaban J connectivity index is 1.36. The van der Waals surface area contributed by atoms with E-state index in [0.29, 0.717) is 17.4 Å². The van der Waals surface area contributed by atoms with Gasteiger partial charge in [0, 0.05) is 36.3 Å². The summed E-state index contributed by atoms with van der Waals surface area (Å²) in [5, 5.41) is 13.2. The Morgan fingerprint density at radius 3 is 2.71 bits per heavy atom. The van der Waals surface area contributed by atoms with Gasteiger partial charge in [-0.15, -0.1) is 0 Å². The van der Waals surface area contributed by atoms with Crippen molar-refractivity contribution in [1.29, 1.82) is 0 Å². The second kappa shape index (κ2) is 8.88. The van der Waals surface area contributed by atoms with E-state index >= 15 is 0 Å². The summed E-state index contributed by atoms with van der Waals surface area (Å²) in [6.45, 7) is 0.296. The maximum absolute atomic E-state index is 14.2. The first-order chi connectivity index (χ1) is 16.7. The molecule has 0 bridgehead atoms. The molecular formula is C25H24ClFN4O4. The average Bonchev–Trinajstić information content (AvgIpc) is 3.28. The fourth-order valence-corrected chi connectivity index (χ4v) is 5.44. The Kier molecular flexibility index (Phi) is 5.88. The molecule has 4 N–H and O–H groups in total. The van der Waals surface area contributed by atoms with Crippen LogP contribution in [0.4, 0.5) is 4.39 Å². The molecule has 3 atom stereocenters. The molecule has 0 radical (unpaired) electrons. The van der Waals surface area contributed by atoms with Gasteiger partial charge < -0.3 is 25.6 Å².